The van der Waals surface area contributed by atoms with Crippen LogP contribution in [0.15, 0.2) is 11.6 Å². The first kappa shape index (κ1) is 16.8. The molecule has 0 aliphatic heterocycles. The monoisotopic (exact) mass is 276 g/mol. The third kappa shape index (κ3) is 3.94. The minimum absolute atomic E-state index is 0.440. The van der Waals surface area contributed by atoms with Gasteiger partial charge >= 0.3 is 12.1 Å². The Balaban J connectivity index is 5.29. The van der Waals surface area contributed by atoms with Crippen molar-refractivity contribution in [1.29, 1.82) is 0 Å². The highest BCUT2D eigenvalue weighted by atomic mass is 19.4. The highest BCUT2D eigenvalue weighted by Gasteiger charge is 2.57. The highest BCUT2D eigenvalue weighted by molar-refractivity contribution is 5.85. The molecule has 0 amide bonds. The smallest absolute Gasteiger partial charge is 0.420 e. The predicted molar refractivity (Wildman–Crippen MR) is 52.2 cm³/mol. The number of carboxylic acids is 1. The van der Waals surface area contributed by atoms with Crippen molar-refractivity contribution in [3.8, 4) is 0 Å². The first-order chi connectivity index (χ1) is 7.94. The second-order valence-corrected chi connectivity index (χ2v) is 3.79. The van der Waals surface area contributed by atoms with Gasteiger partial charge in [0, 0.05) is 11.5 Å². The van der Waals surface area contributed by atoms with Crippen LogP contribution in [0.2, 0.25) is 0 Å². The van der Waals surface area contributed by atoms with E-state index in [1.165, 1.54) is 6.92 Å². The molecule has 2 atom stereocenters. The molecule has 0 radical (unpaired) electrons. The number of aliphatic hydroxyl groups excluding tert-OH is 1. The summed E-state index contributed by atoms with van der Waals surface area (Å²) in [5.41, 5.74) is -0.504. The number of halogens is 5. The summed E-state index contributed by atoms with van der Waals surface area (Å²) >= 11 is 0. The summed E-state index contributed by atoms with van der Waals surface area (Å²) in [7, 11) is 0. The summed E-state index contributed by atoms with van der Waals surface area (Å²) in [6.07, 6.45) is -9.21. The van der Waals surface area contributed by atoms with Crippen molar-refractivity contribution in [3.63, 3.8) is 0 Å². The molecule has 18 heavy (non-hydrogen) atoms. The molecule has 0 aromatic rings. The average Bonchev–Trinajstić information content (AvgIpc) is 2.22. The quantitative estimate of drug-likeness (QED) is 0.599. The lowest BCUT2D eigenvalue weighted by molar-refractivity contribution is -0.278. The minimum Gasteiger partial charge on any atom is -0.478 e. The topological polar surface area (TPSA) is 57.5 Å². The first-order valence-corrected chi connectivity index (χ1v) is 4.98. The van der Waals surface area contributed by atoms with Gasteiger partial charge in [0.25, 0.3) is 5.92 Å². The molecule has 3 nitrogen and oxygen atoms in total. The zero-order chi connectivity index (χ0) is 14.7. The van der Waals surface area contributed by atoms with Gasteiger partial charge in [0.15, 0.2) is 0 Å². The lowest BCUT2D eigenvalue weighted by atomic mass is 9.91. The summed E-state index contributed by atoms with van der Waals surface area (Å²) in [4.78, 5) is 10.4. The second-order valence-electron chi connectivity index (χ2n) is 3.79. The van der Waals surface area contributed by atoms with E-state index >= 15 is 0 Å². The van der Waals surface area contributed by atoms with E-state index in [4.69, 9.17) is 10.2 Å². The molecule has 8 heteroatoms. The molecule has 0 aliphatic carbocycles. The van der Waals surface area contributed by atoms with Gasteiger partial charge in [-0.2, -0.15) is 13.2 Å². The van der Waals surface area contributed by atoms with Crippen LogP contribution in [0, 0.1) is 5.92 Å². The maximum atomic E-state index is 13.4. The van der Waals surface area contributed by atoms with Crippen LogP contribution in [0.25, 0.3) is 0 Å². The molecule has 0 spiro atoms. The molecule has 0 bridgehead atoms. The number of allylic oxidation sites excluding steroid dienone is 1. The molecule has 106 valence electrons. The SMILES string of the molecule is CCC(C=C(C)C(=O)O)C(F)(F)C(O)C(F)(F)F. The van der Waals surface area contributed by atoms with E-state index in [-0.39, 0.29) is 0 Å². The van der Waals surface area contributed by atoms with Gasteiger partial charge < -0.3 is 10.2 Å². The average molecular weight is 276 g/mol. The maximum Gasteiger partial charge on any atom is 0.420 e. The summed E-state index contributed by atoms with van der Waals surface area (Å²) < 4.78 is 63.0. The van der Waals surface area contributed by atoms with Crippen molar-refractivity contribution in [1.82, 2.24) is 0 Å². The van der Waals surface area contributed by atoms with Crippen molar-refractivity contribution in [3.05, 3.63) is 11.6 Å². The number of rotatable bonds is 5. The summed E-state index contributed by atoms with van der Waals surface area (Å²) in [5, 5.41) is 17.1. The van der Waals surface area contributed by atoms with Crippen LogP contribution in [0.4, 0.5) is 22.0 Å². The molecule has 0 saturated carbocycles. The van der Waals surface area contributed by atoms with Gasteiger partial charge in [-0.15, -0.1) is 0 Å². The van der Waals surface area contributed by atoms with Crippen LogP contribution in [0.1, 0.15) is 20.3 Å². The second kappa shape index (κ2) is 5.64. The van der Waals surface area contributed by atoms with Gasteiger partial charge in [0.2, 0.25) is 6.10 Å². The van der Waals surface area contributed by atoms with Gasteiger partial charge in [-0.1, -0.05) is 13.0 Å². The van der Waals surface area contributed by atoms with Crippen molar-refractivity contribution in [2.75, 3.05) is 0 Å². The Hall–Kier alpha value is -1.18. The van der Waals surface area contributed by atoms with Crippen molar-refractivity contribution in [2.45, 2.75) is 38.5 Å². The van der Waals surface area contributed by atoms with Crippen molar-refractivity contribution >= 4 is 5.97 Å². The van der Waals surface area contributed by atoms with E-state index in [0.717, 1.165) is 6.92 Å². The van der Waals surface area contributed by atoms with E-state index in [1.54, 1.807) is 0 Å². The molecule has 0 aliphatic rings. The molecule has 0 aromatic heterocycles. The lowest BCUT2D eigenvalue weighted by Gasteiger charge is -2.29. The van der Waals surface area contributed by atoms with Crippen LogP contribution in [-0.4, -0.2) is 34.4 Å². The Kier molecular flexibility index (Phi) is 5.27. The van der Waals surface area contributed by atoms with Gasteiger partial charge in [0.1, 0.15) is 0 Å². The zero-order valence-corrected chi connectivity index (χ0v) is 9.63. The largest absolute Gasteiger partial charge is 0.478 e. The Morgan fingerprint density at radius 2 is 1.72 bits per heavy atom. The van der Waals surface area contributed by atoms with E-state index in [0.29, 0.717) is 6.08 Å². The highest BCUT2D eigenvalue weighted by Crippen LogP contribution is 2.39. The zero-order valence-electron chi connectivity index (χ0n) is 9.63. The molecule has 0 heterocycles. The molecule has 2 unspecified atom stereocenters. The Bertz CT molecular complexity index is 335. The fourth-order valence-electron chi connectivity index (χ4n) is 1.30. The molecular formula is C10H13F5O3. The van der Waals surface area contributed by atoms with Crippen LogP contribution >= 0.6 is 0 Å². The van der Waals surface area contributed by atoms with E-state index in [1.807, 2.05) is 0 Å². The standard InChI is InChI=1S/C10H13F5O3/c1-3-6(4-5(2)7(16)17)9(11,12)8(18)10(13,14)15/h4,6,8,18H,3H2,1-2H3,(H,16,17). The molecular weight excluding hydrogens is 263 g/mol. The maximum absolute atomic E-state index is 13.4. The van der Waals surface area contributed by atoms with Crippen LogP contribution in [0.3, 0.4) is 0 Å². The van der Waals surface area contributed by atoms with Gasteiger partial charge in [-0.05, 0) is 13.3 Å². The number of carboxylic acid groups (broad SMARTS) is 1. The van der Waals surface area contributed by atoms with E-state index < -0.39 is 42.1 Å². The summed E-state index contributed by atoms with van der Waals surface area (Å²) in [5.74, 6) is -8.00. The van der Waals surface area contributed by atoms with Crippen molar-refractivity contribution < 1.29 is 37.0 Å². The van der Waals surface area contributed by atoms with Crippen LogP contribution < -0.4 is 0 Å². The summed E-state index contributed by atoms with van der Waals surface area (Å²) in [6, 6.07) is 0. The summed E-state index contributed by atoms with van der Waals surface area (Å²) in [6.45, 7) is 2.16. The first-order valence-electron chi connectivity index (χ1n) is 4.98. The van der Waals surface area contributed by atoms with Crippen molar-refractivity contribution in [2.24, 2.45) is 5.92 Å². The van der Waals surface area contributed by atoms with E-state index in [9.17, 15) is 26.7 Å². The molecule has 2 N–H and O–H groups in total. The normalized spacial score (nSPS) is 17.4. The van der Waals surface area contributed by atoms with Gasteiger partial charge in [0.05, 0.1) is 0 Å². The number of carbonyl (C=O) groups is 1. The lowest BCUT2D eigenvalue weighted by Crippen LogP contribution is -2.49. The fraction of sp³-hybridized carbons (Fsp3) is 0.700. The number of aliphatic carboxylic acids is 1. The number of aliphatic hydroxyl groups is 1. The third-order valence-corrected chi connectivity index (χ3v) is 2.40. The number of alkyl halides is 5. The van der Waals surface area contributed by atoms with Gasteiger partial charge in [-0.25, -0.2) is 13.6 Å². The third-order valence-electron chi connectivity index (χ3n) is 2.40. The molecule has 0 saturated heterocycles. The Labute approximate surface area is 99.9 Å². The van der Waals surface area contributed by atoms with Crippen LogP contribution in [-0.2, 0) is 4.79 Å². The Morgan fingerprint density at radius 3 is 2.00 bits per heavy atom. The van der Waals surface area contributed by atoms with E-state index in [2.05, 4.69) is 0 Å². The minimum atomic E-state index is -5.47. The van der Waals surface area contributed by atoms with Gasteiger partial charge in [-0.3, -0.25) is 0 Å². The number of hydrogen-bond acceptors (Lipinski definition) is 2. The molecule has 0 aromatic carbocycles. The molecule has 0 rings (SSSR count). The number of hydrogen-bond donors (Lipinski definition) is 2. The predicted octanol–water partition coefficient (Wildman–Crippen LogP) is 2.60. The Morgan fingerprint density at radius 1 is 1.28 bits per heavy atom. The molecule has 0 fully saturated rings. The fourth-order valence-corrected chi connectivity index (χ4v) is 1.30. The van der Waals surface area contributed by atoms with Crippen LogP contribution in [0.5, 0.6) is 0 Å².